The van der Waals surface area contributed by atoms with Crippen LogP contribution in [0.3, 0.4) is 0 Å². The Morgan fingerprint density at radius 3 is 2.64 bits per heavy atom. The molecule has 4 nitrogen and oxygen atoms in total. The third-order valence-corrected chi connectivity index (χ3v) is 4.18. The second kappa shape index (κ2) is 8.57. The lowest BCUT2D eigenvalue weighted by atomic mass is 9.90. The zero-order valence-electron chi connectivity index (χ0n) is 13.3. The first-order valence-corrected chi connectivity index (χ1v) is 8.17. The summed E-state index contributed by atoms with van der Waals surface area (Å²) in [4.78, 5) is 23.1. The van der Waals surface area contributed by atoms with Crippen molar-refractivity contribution in [3.63, 3.8) is 0 Å². The van der Waals surface area contributed by atoms with Crippen LogP contribution in [0.1, 0.15) is 60.0 Å². The normalized spacial score (nSPS) is 13.3. The highest BCUT2D eigenvalue weighted by Crippen LogP contribution is 2.22. The van der Waals surface area contributed by atoms with Gasteiger partial charge in [-0.2, -0.15) is 0 Å². The molecular weight excluding hydrogens is 278 g/mol. The molecule has 0 atom stereocenters. The van der Waals surface area contributed by atoms with Gasteiger partial charge in [0.2, 0.25) is 0 Å². The van der Waals surface area contributed by atoms with Gasteiger partial charge >= 0.3 is 5.97 Å². The summed E-state index contributed by atoms with van der Waals surface area (Å²) in [6, 6.07) is 6.07. The number of amides is 1. The van der Waals surface area contributed by atoms with Gasteiger partial charge in [0.25, 0.3) is 5.91 Å². The molecule has 0 spiro atoms. The molecular formula is C18H25NO3. The van der Waals surface area contributed by atoms with Crippen molar-refractivity contribution >= 4 is 11.9 Å². The second-order valence-corrected chi connectivity index (χ2v) is 5.83. The molecule has 0 saturated heterocycles. The molecule has 0 unspecified atom stereocenters. The number of hydrogen-bond donors (Lipinski definition) is 1. The number of fused-ring (bicyclic) bond motifs is 1. The SMILES string of the molecule is COC(=O)CCCCCNC(=O)c1ccc2c(c1)CCCC2. The van der Waals surface area contributed by atoms with Crippen molar-refractivity contribution in [1.82, 2.24) is 5.32 Å². The average Bonchev–Trinajstić information content (AvgIpc) is 2.56. The molecule has 0 heterocycles. The predicted molar refractivity (Wildman–Crippen MR) is 85.9 cm³/mol. The molecule has 1 aliphatic rings. The van der Waals surface area contributed by atoms with E-state index in [4.69, 9.17) is 0 Å². The number of unbranched alkanes of at least 4 members (excludes halogenated alkanes) is 2. The van der Waals surface area contributed by atoms with E-state index >= 15 is 0 Å². The van der Waals surface area contributed by atoms with Crippen LogP contribution in [0.15, 0.2) is 18.2 Å². The minimum Gasteiger partial charge on any atom is -0.469 e. The number of benzene rings is 1. The number of hydrogen-bond acceptors (Lipinski definition) is 3. The van der Waals surface area contributed by atoms with Gasteiger partial charge in [-0.05, 0) is 61.8 Å². The molecule has 1 N–H and O–H groups in total. The Bertz CT molecular complexity index is 525. The summed E-state index contributed by atoms with van der Waals surface area (Å²) in [5, 5.41) is 2.95. The lowest BCUT2D eigenvalue weighted by Crippen LogP contribution is -2.24. The lowest BCUT2D eigenvalue weighted by molar-refractivity contribution is -0.140. The second-order valence-electron chi connectivity index (χ2n) is 5.83. The van der Waals surface area contributed by atoms with Crippen molar-refractivity contribution in [3.8, 4) is 0 Å². The summed E-state index contributed by atoms with van der Waals surface area (Å²) in [5.74, 6) is -0.167. The first-order valence-electron chi connectivity index (χ1n) is 8.17. The lowest BCUT2D eigenvalue weighted by Gasteiger charge is -2.16. The first-order chi connectivity index (χ1) is 10.7. The standard InChI is InChI=1S/C18H25NO3/c1-22-17(20)9-3-2-6-12-19-18(21)16-11-10-14-7-4-5-8-15(14)13-16/h10-11,13H,2-9,12H2,1H3,(H,19,21). The van der Waals surface area contributed by atoms with Gasteiger partial charge in [0.1, 0.15) is 0 Å². The number of carbonyl (C=O) groups excluding carboxylic acids is 2. The van der Waals surface area contributed by atoms with E-state index in [1.807, 2.05) is 12.1 Å². The monoisotopic (exact) mass is 303 g/mol. The van der Waals surface area contributed by atoms with Crippen LogP contribution in [0.4, 0.5) is 0 Å². The van der Waals surface area contributed by atoms with Gasteiger partial charge in [-0.15, -0.1) is 0 Å². The number of nitrogens with one attached hydrogen (secondary N) is 1. The summed E-state index contributed by atoms with van der Waals surface area (Å²) >= 11 is 0. The Morgan fingerprint density at radius 1 is 1.09 bits per heavy atom. The maximum Gasteiger partial charge on any atom is 0.305 e. The molecule has 0 aromatic heterocycles. The molecule has 1 aromatic rings. The topological polar surface area (TPSA) is 55.4 Å². The molecule has 1 aliphatic carbocycles. The third-order valence-electron chi connectivity index (χ3n) is 4.18. The van der Waals surface area contributed by atoms with Gasteiger partial charge in [-0.3, -0.25) is 9.59 Å². The van der Waals surface area contributed by atoms with E-state index in [2.05, 4.69) is 16.1 Å². The molecule has 1 aromatic carbocycles. The molecule has 0 saturated carbocycles. The van der Waals surface area contributed by atoms with Crippen molar-refractivity contribution in [2.75, 3.05) is 13.7 Å². The Labute approximate surface area is 132 Å². The number of carbonyl (C=O) groups is 2. The van der Waals surface area contributed by atoms with Crippen LogP contribution in [0.5, 0.6) is 0 Å². The van der Waals surface area contributed by atoms with Crippen molar-refractivity contribution in [1.29, 1.82) is 0 Å². The number of aryl methyl sites for hydroxylation is 2. The van der Waals surface area contributed by atoms with E-state index in [0.29, 0.717) is 13.0 Å². The molecule has 0 aliphatic heterocycles. The molecule has 120 valence electrons. The first kappa shape index (κ1) is 16.5. The quantitative estimate of drug-likeness (QED) is 0.622. The molecule has 0 radical (unpaired) electrons. The third kappa shape index (κ3) is 4.86. The minimum absolute atomic E-state index is 0.00124. The fourth-order valence-corrected chi connectivity index (χ4v) is 2.85. The molecule has 22 heavy (non-hydrogen) atoms. The van der Waals surface area contributed by atoms with Crippen molar-refractivity contribution in [2.24, 2.45) is 0 Å². The zero-order chi connectivity index (χ0) is 15.8. The van der Waals surface area contributed by atoms with E-state index in [9.17, 15) is 9.59 Å². The number of methoxy groups -OCH3 is 1. The Morgan fingerprint density at radius 2 is 1.86 bits per heavy atom. The smallest absolute Gasteiger partial charge is 0.305 e. The highest BCUT2D eigenvalue weighted by atomic mass is 16.5. The predicted octanol–water partition coefficient (Wildman–Crippen LogP) is 3.03. The van der Waals surface area contributed by atoms with Crippen molar-refractivity contribution < 1.29 is 14.3 Å². The largest absolute Gasteiger partial charge is 0.469 e. The van der Waals surface area contributed by atoms with E-state index in [1.165, 1.54) is 31.1 Å². The number of ether oxygens (including phenoxy) is 1. The number of rotatable bonds is 7. The number of esters is 1. The van der Waals surface area contributed by atoms with Crippen LogP contribution in [0.2, 0.25) is 0 Å². The summed E-state index contributed by atoms with van der Waals surface area (Å²) < 4.78 is 4.59. The highest BCUT2D eigenvalue weighted by Gasteiger charge is 2.12. The van der Waals surface area contributed by atoms with Crippen LogP contribution in [0.25, 0.3) is 0 Å². The van der Waals surface area contributed by atoms with Crippen LogP contribution in [-0.4, -0.2) is 25.5 Å². The van der Waals surface area contributed by atoms with Gasteiger partial charge in [0.15, 0.2) is 0 Å². The van der Waals surface area contributed by atoms with E-state index < -0.39 is 0 Å². The maximum absolute atomic E-state index is 12.1. The van der Waals surface area contributed by atoms with Crippen LogP contribution >= 0.6 is 0 Å². The Kier molecular flexibility index (Phi) is 6.44. The van der Waals surface area contributed by atoms with Gasteiger partial charge in [-0.25, -0.2) is 0 Å². The zero-order valence-corrected chi connectivity index (χ0v) is 13.3. The Hall–Kier alpha value is -1.84. The van der Waals surface area contributed by atoms with Crippen LogP contribution in [0, 0.1) is 0 Å². The van der Waals surface area contributed by atoms with Gasteiger partial charge < -0.3 is 10.1 Å². The maximum atomic E-state index is 12.1. The Balaban J connectivity index is 1.70. The summed E-state index contributed by atoms with van der Waals surface area (Å²) in [7, 11) is 1.40. The van der Waals surface area contributed by atoms with E-state index in [0.717, 1.165) is 37.7 Å². The van der Waals surface area contributed by atoms with E-state index in [-0.39, 0.29) is 11.9 Å². The van der Waals surface area contributed by atoms with Crippen LogP contribution in [-0.2, 0) is 22.4 Å². The molecule has 0 bridgehead atoms. The molecule has 2 rings (SSSR count). The van der Waals surface area contributed by atoms with Crippen molar-refractivity contribution in [2.45, 2.75) is 51.4 Å². The van der Waals surface area contributed by atoms with E-state index in [1.54, 1.807) is 0 Å². The summed E-state index contributed by atoms with van der Waals surface area (Å²) in [6.45, 7) is 0.650. The molecule has 4 heteroatoms. The highest BCUT2D eigenvalue weighted by molar-refractivity contribution is 5.94. The molecule has 0 fully saturated rings. The fourth-order valence-electron chi connectivity index (χ4n) is 2.85. The fraction of sp³-hybridized carbons (Fsp3) is 0.556. The van der Waals surface area contributed by atoms with Gasteiger partial charge in [0.05, 0.1) is 7.11 Å². The summed E-state index contributed by atoms with van der Waals surface area (Å²) in [5.41, 5.74) is 3.48. The minimum atomic E-state index is -0.168. The van der Waals surface area contributed by atoms with Gasteiger partial charge in [0, 0.05) is 18.5 Å². The van der Waals surface area contributed by atoms with Crippen LogP contribution < -0.4 is 5.32 Å². The van der Waals surface area contributed by atoms with Gasteiger partial charge in [-0.1, -0.05) is 12.5 Å². The average molecular weight is 303 g/mol. The van der Waals surface area contributed by atoms with Crippen molar-refractivity contribution in [3.05, 3.63) is 34.9 Å². The summed E-state index contributed by atoms with van der Waals surface area (Å²) in [6.07, 6.45) is 7.76. The molecule has 1 amide bonds.